The number of carbonyl (C=O) groups excluding carboxylic acids is 1. The van der Waals surface area contributed by atoms with E-state index in [1.165, 1.54) is 11.1 Å². The van der Waals surface area contributed by atoms with E-state index < -0.39 is 5.91 Å². The number of ether oxygens (including phenoxy) is 1. The average molecular weight is 392 g/mol. The van der Waals surface area contributed by atoms with Crippen LogP contribution in [0.1, 0.15) is 40.0 Å². The highest BCUT2D eigenvalue weighted by molar-refractivity contribution is 5.87. The first-order valence-corrected chi connectivity index (χ1v) is 9.75. The summed E-state index contributed by atoms with van der Waals surface area (Å²) >= 11 is 0. The molecule has 1 saturated heterocycles. The molecule has 2 aromatic carbocycles. The van der Waals surface area contributed by atoms with E-state index >= 15 is 0 Å². The van der Waals surface area contributed by atoms with Crippen LogP contribution >= 0.6 is 0 Å². The minimum Gasteiger partial charge on any atom is -0.376 e. The van der Waals surface area contributed by atoms with E-state index in [0.29, 0.717) is 19.0 Å². The van der Waals surface area contributed by atoms with Crippen LogP contribution in [-0.2, 0) is 11.3 Å². The Hall–Kier alpha value is -3.03. The molecule has 0 bridgehead atoms. The molecular weight excluding hydrogens is 368 g/mol. The van der Waals surface area contributed by atoms with Crippen molar-refractivity contribution in [2.75, 3.05) is 19.7 Å². The zero-order chi connectivity index (χ0) is 20.1. The molecule has 1 fully saturated rings. The molecule has 1 amide bonds. The Balaban J connectivity index is 1.45. The summed E-state index contributed by atoms with van der Waals surface area (Å²) < 4.78 is 11.0. The summed E-state index contributed by atoms with van der Waals surface area (Å²) in [7, 11) is 0. The maximum Gasteiger partial charge on any atom is 0.315 e. The third kappa shape index (κ3) is 4.88. The van der Waals surface area contributed by atoms with Gasteiger partial charge in [0.05, 0.1) is 19.3 Å². The van der Waals surface area contributed by atoms with E-state index in [1.807, 2.05) is 12.1 Å². The zero-order valence-corrected chi connectivity index (χ0v) is 16.1. The topological polar surface area (TPSA) is 94.5 Å². The maximum absolute atomic E-state index is 11.1. The van der Waals surface area contributed by atoms with Crippen LogP contribution in [0.4, 0.5) is 0 Å². The van der Waals surface area contributed by atoms with Gasteiger partial charge in [-0.2, -0.15) is 4.98 Å². The predicted octanol–water partition coefficient (Wildman–Crippen LogP) is 2.59. The number of amides is 1. The third-order valence-corrected chi connectivity index (χ3v) is 5.17. The largest absolute Gasteiger partial charge is 0.376 e. The van der Waals surface area contributed by atoms with Crippen molar-refractivity contribution in [3.8, 4) is 0 Å². The normalized spacial score (nSPS) is 17.5. The molecule has 2 N–H and O–H groups in total. The summed E-state index contributed by atoms with van der Waals surface area (Å²) in [6.45, 7) is 2.67. The molecule has 0 spiro atoms. The molecule has 0 saturated carbocycles. The monoisotopic (exact) mass is 392 g/mol. The van der Waals surface area contributed by atoms with Gasteiger partial charge in [0.15, 0.2) is 5.82 Å². The van der Waals surface area contributed by atoms with Crippen LogP contribution in [0.2, 0.25) is 0 Å². The van der Waals surface area contributed by atoms with Crippen molar-refractivity contribution < 1.29 is 14.1 Å². The lowest BCUT2D eigenvalue weighted by atomic mass is 9.86. The summed E-state index contributed by atoms with van der Waals surface area (Å²) in [4.78, 5) is 17.4. The molecule has 1 atom stereocenters. The van der Waals surface area contributed by atoms with Crippen molar-refractivity contribution in [2.45, 2.75) is 25.0 Å². The summed E-state index contributed by atoms with van der Waals surface area (Å²) in [5.74, 6) is -0.147. The SMILES string of the molecule is NC(=O)c1nc(CN2CCO[C@H](CC(c3ccccc3)c3ccccc3)C2)no1. The highest BCUT2D eigenvalue weighted by Crippen LogP contribution is 2.31. The lowest BCUT2D eigenvalue weighted by Crippen LogP contribution is -2.42. The second-order valence-electron chi connectivity index (χ2n) is 7.22. The van der Waals surface area contributed by atoms with Gasteiger partial charge in [0.1, 0.15) is 0 Å². The minimum atomic E-state index is -0.711. The first kappa shape index (κ1) is 19.3. The number of hydrogen-bond acceptors (Lipinski definition) is 6. The number of primary amides is 1. The molecular formula is C22H24N4O3. The number of morpholine rings is 1. The van der Waals surface area contributed by atoms with Crippen LogP contribution in [0.3, 0.4) is 0 Å². The van der Waals surface area contributed by atoms with Gasteiger partial charge < -0.3 is 15.0 Å². The maximum atomic E-state index is 11.1. The lowest BCUT2D eigenvalue weighted by Gasteiger charge is -2.34. The predicted molar refractivity (Wildman–Crippen MR) is 107 cm³/mol. The van der Waals surface area contributed by atoms with E-state index in [2.05, 4.69) is 63.6 Å². The number of nitrogens with two attached hydrogens (primary N) is 1. The fourth-order valence-corrected chi connectivity index (χ4v) is 3.78. The number of nitrogens with zero attached hydrogens (tertiary/aromatic N) is 3. The van der Waals surface area contributed by atoms with Gasteiger partial charge in [-0.1, -0.05) is 65.8 Å². The van der Waals surface area contributed by atoms with Crippen molar-refractivity contribution in [3.63, 3.8) is 0 Å². The fourth-order valence-electron chi connectivity index (χ4n) is 3.78. The highest BCUT2D eigenvalue weighted by Gasteiger charge is 2.26. The Bertz CT molecular complexity index is 890. The molecule has 2 heterocycles. The van der Waals surface area contributed by atoms with Crippen molar-refractivity contribution in [1.29, 1.82) is 0 Å². The number of carbonyl (C=O) groups is 1. The first-order chi connectivity index (χ1) is 14.2. The molecule has 150 valence electrons. The Kier molecular flexibility index (Phi) is 5.97. The quantitative estimate of drug-likeness (QED) is 0.664. The van der Waals surface area contributed by atoms with Gasteiger partial charge in [0, 0.05) is 19.0 Å². The van der Waals surface area contributed by atoms with Crippen molar-refractivity contribution in [1.82, 2.24) is 15.0 Å². The second kappa shape index (κ2) is 8.98. The van der Waals surface area contributed by atoms with Gasteiger partial charge in [0.2, 0.25) is 0 Å². The van der Waals surface area contributed by atoms with Gasteiger partial charge >= 0.3 is 11.8 Å². The molecule has 1 aliphatic rings. The highest BCUT2D eigenvalue weighted by atomic mass is 16.5. The van der Waals surface area contributed by atoms with Gasteiger partial charge in [-0.15, -0.1) is 0 Å². The summed E-state index contributed by atoms with van der Waals surface area (Å²) in [6.07, 6.45) is 0.959. The fraction of sp³-hybridized carbons (Fsp3) is 0.318. The standard InChI is InChI=1S/C22H24N4O3/c23-21(27)22-24-20(25-29-22)15-26-11-12-28-18(14-26)13-19(16-7-3-1-4-8-16)17-9-5-2-6-10-17/h1-10,18-19H,11-15H2,(H2,23,27)/t18-/m1/s1. The van der Waals surface area contributed by atoms with E-state index in [-0.39, 0.29) is 17.9 Å². The molecule has 7 heteroatoms. The summed E-state index contributed by atoms with van der Waals surface area (Å²) in [5, 5.41) is 3.84. The van der Waals surface area contributed by atoms with Crippen LogP contribution in [0.25, 0.3) is 0 Å². The van der Waals surface area contributed by atoms with Crippen LogP contribution in [0.15, 0.2) is 65.2 Å². The van der Waals surface area contributed by atoms with Crippen LogP contribution < -0.4 is 5.73 Å². The van der Waals surface area contributed by atoms with E-state index in [9.17, 15) is 4.79 Å². The number of benzene rings is 2. The molecule has 29 heavy (non-hydrogen) atoms. The number of aromatic nitrogens is 2. The number of hydrogen-bond donors (Lipinski definition) is 1. The van der Waals surface area contributed by atoms with Crippen LogP contribution in [0, 0.1) is 0 Å². The van der Waals surface area contributed by atoms with E-state index in [0.717, 1.165) is 19.5 Å². The lowest BCUT2D eigenvalue weighted by molar-refractivity contribution is -0.0373. The van der Waals surface area contributed by atoms with E-state index in [1.54, 1.807) is 0 Å². The molecule has 4 rings (SSSR count). The molecule has 3 aromatic rings. The number of rotatable bonds is 7. The van der Waals surface area contributed by atoms with Crippen LogP contribution in [0.5, 0.6) is 0 Å². The molecule has 0 aliphatic carbocycles. The Morgan fingerprint density at radius 2 is 1.76 bits per heavy atom. The first-order valence-electron chi connectivity index (χ1n) is 9.75. The smallest absolute Gasteiger partial charge is 0.315 e. The van der Waals surface area contributed by atoms with Crippen molar-refractivity contribution in [3.05, 3.63) is 83.5 Å². The van der Waals surface area contributed by atoms with Gasteiger partial charge in [0.25, 0.3) is 0 Å². The Morgan fingerprint density at radius 1 is 1.10 bits per heavy atom. The van der Waals surface area contributed by atoms with Gasteiger partial charge in [-0.25, -0.2) is 0 Å². The Labute approximate surface area is 169 Å². The Morgan fingerprint density at radius 3 is 2.34 bits per heavy atom. The third-order valence-electron chi connectivity index (χ3n) is 5.17. The minimum absolute atomic E-state index is 0.0803. The summed E-state index contributed by atoms with van der Waals surface area (Å²) in [5.41, 5.74) is 7.74. The van der Waals surface area contributed by atoms with E-state index in [4.69, 9.17) is 15.0 Å². The zero-order valence-electron chi connectivity index (χ0n) is 16.1. The molecule has 7 nitrogen and oxygen atoms in total. The second-order valence-corrected chi connectivity index (χ2v) is 7.22. The van der Waals surface area contributed by atoms with Crippen molar-refractivity contribution in [2.24, 2.45) is 5.73 Å². The summed E-state index contributed by atoms with van der Waals surface area (Å²) in [6, 6.07) is 21.1. The molecule has 0 radical (unpaired) electrons. The van der Waals surface area contributed by atoms with Gasteiger partial charge in [-0.05, 0) is 17.5 Å². The van der Waals surface area contributed by atoms with Crippen LogP contribution in [-0.4, -0.2) is 46.7 Å². The molecule has 1 aliphatic heterocycles. The molecule has 0 unspecified atom stereocenters. The van der Waals surface area contributed by atoms with Gasteiger partial charge in [-0.3, -0.25) is 9.69 Å². The molecule has 1 aromatic heterocycles. The average Bonchev–Trinajstić information content (AvgIpc) is 3.22. The van der Waals surface area contributed by atoms with Crippen molar-refractivity contribution >= 4 is 5.91 Å².